The normalized spacial score (nSPS) is 13.2. The van der Waals surface area contributed by atoms with Crippen molar-refractivity contribution in [2.24, 2.45) is 5.41 Å². The topological polar surface area (TPSA) is 91.0 Å². The van der Waals surface area contributed by atoms with Crippen molar-refractivity contribution in [1.82, 2.24) is 5.32 Å². The molecule has 112 valence electrons. The van der Waals surface area contributed by atoms with E-state index in [1.165, 1.54) is 0 Å². The third-order valence-electron chi connectivity index (χ3n) is 3.18. The highest BCUT2D eigenvalue weighted by Gasteiger charge is 2.21. The molecule has 0 fully saturated rings. The van der Waals surface area contributed by atoms with Gasteiger partial charge in [0.15, 0.2) is 5.82 Å². The van der Waals surface area contributed by atoms with Gasteiger partial charge >= 0.3 is 0 Å². The zero-order chi connectivity index (χ0) is 16.0. The largest absolute Gasteiger partial charge is 0.363 e. The molecule has 1 aromatic rings. The molecular weight excluding hydrogens is 268 g/mol. The lowest BCUT2D eigenvalue weighted by Crippen LogP contribution is -2.39. The second kappa shape index (κ2) is 6.75. The van der Waals surface area contributed by atoms with Crippen LogP contribution in [-0.2, 0) is 0 Å². The van der Waals surface area contributed by atoms with E-state index in [0.29, 0.717) is 11.3 Å². The van der Waals surface area contributed by atoms with Gasteiger partial charge in [-0.25, -0.2) is 0 Å². The van der Waals surface area contributed by atoms with Crippen LogP contribution in [0.2, 0.25) is 0 Å². The standard InChI is InChI=1S/C15H20N4O2/c1-11(15(2,3)4)17-14(10-19(20)21)18-13-7-5-6-12(8-13)9-16/h5-8,10-11,17-18H,1-4H3/b14-10+. The van der Waals surface area contributed by atoms with E-state index in [1.54, 1.807) is 24.3 Å². The van der Waals surface area contributed by atoms with Crippen molar-refractivity contribution in [2.45, 2.75) is 33.7 Å². The quantitative estimate of drug-likeness (QED) is 0.641. The average molecular weight is 288 g/mol. The van der Waals surface area contributed by atoms with Crippen molar-refractivity contribution in [1.29, 1.82) is 5.26 Å². The number of nitrogens with zero attached hydrogens (tertiary/aromatic N) is 2. The highest BCUT2D eigenvalue weighted by Crippen LogP contribution is 2.20. The summed E-state index contributed by atoms with van der Waals surface area (Å²) in [7, 11) is 0. The van der Waals surface area contributed by atoms with E-state index in [-0.39, 0.29) is 17.3 Å². The van der Waals surface area contributed by atoms with Crippen LogP contribution in [0.4, 0.5) is 5.69 Å². The number of hydrogen-bond donors (Lipinski definition) is 2. The first-order valence-electron chi connectivity index (χ1n) is 6.61. The molecule has 0 heterocycles. The van der Waals surface area contributed by atoms with Gasteiger partial charge in [-0.1, -0.05) is 26.8 Å². The highest BCUT2D eigenvalue weighted by molar-refractivity contribution is 5.52. The molecular formula is C15H20N4O2. The molecule has 0 aliphatic heterocycles. The summed E-state index contributed by atoms with van der Waals surface area (Å²) in [4.78, 5) is 10.2. The first-order chi connectivity index (χ1) is 9.72. The minimum absolute atomic E-state index is 0.0235. The van der Waals surface area contributed by atoms with Crippen molar-refractivity contribution in [2.75, 3.05) is 5.32 Å². The van der Waals surface area contributed by atoms with Crippen LogP contribution >= 0.6 is 0 Å². The summed E-state index contributed by atoms with van der Waals surface area (Å²) >= 11 is 0. The number of nitriles is 1. The summed E-state index contributed by atoms with van der Waals surface area (Å²) < 4.78 is 0. The Kier molecular flexibility index (Phi) is 5.30. The summed E-state index contributed by atoms with van der Waals surface area (Å²) in [5.74, 6) is 0.289. The van der Waals surface area contributed by atoms with Crippen LogP contribution < -0.4 is 10.6 Å². The molecule has 0 bridgehead atoms. The molecule has 1 atom stereocenters. The van der Waals surface area contributed by atoms with Crippen LogP contribution in [0.1, 0.15) is 33.3 Å². The highest BCUT2D eigenvalue weighted by atomic mass is 16.6. The Hall–Kier alpha value is -2.55. The van der Waals surface area contributed by atoms with E-state index >= 15 is 0 Å². The zero-order valence-electron chi connectivity index (χ0n) is 12.7. The number of nitrogens with one attached hydrogen (secondary N) is 2. The van der Waals surface area contributed by atoms with E-state index < -0.39 is 4.92 Å². The predicted molar refractivity (Wildman–Crippen MR) is 81.9 cm³/mol. The lowest BCUT2D eigenvalue weighted by Gasteiger charge is -2.29. The van der Waals surface area contributed by atoms with Crippen molar-refractivity contribution in [3.05, 3.63) is 52.0 Å². The molecule has 6 nitrogen and oxygen atoms in total. The minimum atomic E-state index is -0.515. The predicted octanol–water partition coefficient (Wildman–Crippen LogP) is 3.07. The Bertz CT molecular complexity index is 582. The summed E-state index contributed by atoms with van der Waals surface area (Å²) in [6.45, 7) is 8.10. The van der Waals surface area contributed by atoms with E-state index in [1.807, 2.05) is 33.8 Å². The van der Waals surface area contributed by atoms with Crippen LogP contribution in [-0.4, -0.2) is 11.0 Å². The first kappa shape index (κ1) is 16.5. The van der Waals surface area contributed by atoms with Gasteiger partial charge in [-0.3, -0.25) is 10.1 Å². The van der Waals surface area contributed by atoms with Gasteiger partial charge in [-0.05, 0) is 30.5 Å². The summed E-state index contributed by atoms with van der Waals surface area (Å²) in [6, 6.07) is 8.83. The maximum atomic E-state index is 10.8. The fourth-order valence-corrected chi connectivity index (χ4v) is 1.48. The SMILES string of the molecule is CC(N/C(=C\[N+](=O)[O-])Nc1cccc(C#N)c1)C(C)(C)C. The Balaban J connectivity index is 2.94. The summed E-state index contributed by atoms with van der Waals surface area (Å²) in [5, 5.41) is 25.7. The Morgan fingerprint density at radius 1 is 1.48 bits per heavy atom. The molecule has 21 heavy (non-hydrogen) atoms. The molecule has 0 aliphatic rings. The Morgan fingerprint density at radius 3 is 2.67 bits per heavy atom. The molecule has 1 rings (SSSR count). The average Bonchev–Trinajstić information content (AvgIpc) is 2.37. The third kappa shape index (κ3) is 5.53. The molecule has 0 aliphatic carbocycles. The van der Waals surface area contributed by atoms with E-state index in [2.05, 4.69) is 10.6 Å². The molecule has 6 heteroatoms. The summed E-state index contributed by atoms with van der Waals surface area (Å²) in [6.07, 6.45) is 0.890. The van der Waals surface area contributed by atoms with Gasteiger partial charge < -0.3 is 10.6 Å². The first-order valence-corrected chi connectivity index (χ1v) is 6.61. The van der Waals surface area contributed by atoms with Gasteiger partial charge in [0.2, 0.25) is 0 Å². The molecule has 0 amide bonds. The molecule has 0 aromatic heterocycles. The fourth-order valence-electron chi connectivity index (χ4n) is 1.48. The van der Waals surface area contributed by atoms with Crippen LogP contribution in [0.5, 0.6) is 0 Å². The smallest absolute Gasteiger partial charge is 0.274 e. The Morgan fingerprint density at radius 2 is 2.14 bits per heavy atom. The molecule has 0 radical (unpaired) electrons. The molecule has 1 aromatic carbocycles. The van der Waals surface area contributed by atoms with Crippen LogP contribution in [0, 0.1) is 26.9 Å². The number of benzene rings is 1. The van der Waals surface area contributed by atoms with Gasteiger partial charge in [0, 0.05) is 11.7 Å². The van der Waals surface area contributed by atoms with Gasteiger partial charge in [0.25, 0.3) is 6.20 Å². The second-order valence-electron chi connectivity index (χ2n) is 5.88. The number of rotatable bonds is 5. The maximum absolute atomic E-state index is 10.8. The number of anilines is 1. The van der Waals surface area contributed by atoms with E-state index in [0.717, 1.165) is 6.20 Å². The van der Waals surface area contributed by atoms with Crippen molar-refractivity contribution < 1.29 is 4.92 Å². The maximum Gasteiger partial charge on any atom is 0.274 e. The monoisotopic (exact) mass is 288 g/mol. The molecule has 2 N–H and O–H groups in total. The van der Waals surface area contributed by atoms with Gasteiger partial charge in [0.05, 0.1) is 16.6 Å². The third-order valence-corrected chi connectivity index (χ3v) is 3.18. The van der Waals surface area contributed by atoms with Gasteiger partial charge in [-0.15, -0.1) is 0 Å². The number of nitro groups is 1. The van der Waals surface area contributed by atoms with Crippen LogP contribution in [0.25, 0.3) is 0 Å². The molecule has 0 saturated heterocycles. The van der Waals surface area contributed by atoms with E-state index in [4.69, 9.17) is 5.26 Å². The Labute approximate surface area is 124 Å². The molecule has 1 unspecified atom stereocenters. The lowest BCUT2D eigenvalue weighted by atomic mass is 9.88. The lowest BCUT2D eigenvalue weighted by molar-refractivity contribution is -0.403. The minimum Gasteiger partial charge on any atom is -0.363 e. The van der Waals surface area contributed by atoms with Gasteiger partial charge in [0.1, 0.15) is 0 Å². The second-order valence-corrected chi connectivity index (χ2v) is 5.88. The zero-order valence-corrected chi connectivity index (χ0v) is 12.7. The van der Waals surface area contributed by atoms with Gasteiger partial charge in [-0.2, -0.15) is 5.26 Å². The van der Waals surface area contributed by atoms with Crippen molar-refractivity contribution in [3.63, 3.8) is 0 Å². The summed E-state index contributed by atoms with van der Waals surface area (Å²) in [5.41, 5.74) is 1.06. The molecule has 0 saturated carbocycles. The van der Waals surface area contributed by atoms with Crippen LogP contribution in [0.15, 0.2) is 36.3 Å². The molecule has 0 spiro atoms. The fraction of sp³-hybridized carbons (Fsp3) is 0.400. The van der Waals surface area contributed by atoms with Crippen molar-refractivity contribution in [3.8, 4) is 6.07 Å². The van der Waals surface area contributed by atoms with E-state index in [9.17, 15) is 10.1 Å². The number of hydrogen-bond acceptors (Lipinski definition) is 5. The van der Waals surface area contributed by atoms with Crippen molar-refractivity contribution >= 4 is 5.69 Å². The van der Waals surface area contributed by atoms with Crippen LogP contribution in [0.3, 0.4) is 0 Å².